The SMILES string of the molecule is CC(Br)CC(C)(C)c1ccc(C(C)C)cc1. The lowest BCUT2D eigenvalue weighted by Crippen LogP contribution is -2.20. The number of hydrogen-bond donors (Lipinski definition) is 0. The van der Waals surface area contributed by atoms with E-state index in [1.807, 2.05) is 0 Å². The molecule has 0 heterocycles. The van der Waals surface area contributed by atoms with E-state index >= 15 is 0 Å². The summed E-state index contributed by atoms with van der Waals surface area (Å²) in [6.07, 6.45) is 1.16. The van der Waals surface area contributed by atoms with Gasteiger partial charge in [0.25, 0.3) is 0 Å². The topological polar surface area (TPSA) is 0 Å². The van der Waals surface area contributed by atoms with Crippen molar-refractivity contribution in [3.8, 4) is 0 Å². The van der Waals surface area contributed by atoms with Gasteiger partial charge in [-0.1, -0.05) is 74.8 Å². The molecule has 0 aromatic heterocycles. The molecule has 1 heteroatoms. The summed E-state index contributed by atoms with van der Waals surface area (Å²) in [5, 5.41) is 0. The quantitative estimate of drug-likeness (QED) is 0.661. The normalized spacial score (nSPS) is 14.2. The van der Waals surface area contributed by atoms with Gasteiger partial charge in [-0.3, -0.25) is 0 Å². The number of rotatable bonds is 4. The maximum absolute atomic E-state index is 3.65. The molecule has 0 amide bonds. The molecule has 0 N–H and O–H groups in total. The first-order chi connectivity index (χ1) is 7.33. The molecular formula is C15H23Br. The lowest BCUT2D eigenvalue weighted by molar-refractivity contribution is 0.482. The van der Waals surface area contributed by atoms with Gasteiger partial charge in [-0.2, -0.15) is 0 Å². The van der Waals surface area contributed by atoms with Gasteiger partial charge in [0.15, 0.2) is 0 Å². The standard InChI is InChI=1S/C15H23Br/c1-11(2)13-6-8-14(9-7-13)15(4,5)10-12(3)16/h6-9,11-12H,10H2,1-5H3. The second kappa shape index (κ2) is 5.35. The molecule has 0 saturated heterocycles. The summed E-state index contributed by atoms with van der Waals surface area (Å²) in [7, 11) is 0. The van der Waals surface area contributed by atoms with Crippen LogP contribution in [0.5, 0.6) is 0 Å². The van der Waals surface area contributed by atoms with Crippen LogP contribution in [-0.4, -0.2) is 4.83 Å². The van der Waals surface area contributed by atoms with Gasteiger partial charge in [0, 0.05) is 4.83 Å². The molecule has 0 fully saturated rings. The fraction of sp³-hybridized carbons (Fsp3) is 0.600. The van der Waals surface area contributed by atoms with Crippen LogP contribution in [0.4, 0.5) is 0 Å². The molecule has 0 nitrogen and oxygen atoms in total. The van der Waals surface area contributed by atoms with E-state index in [-0.39, 0.29) is 5.41 Å². The van der Waals surface area contributed by atoms with Crippen LogP contribution in [0.1, 0.15) is 58.1 Å². The van der Waals surface area contributed by atoms with Crippen molar-refractivity contribution in [2.24, 2.45) is 0 Å². The molecule has 1 atom stereocenters. The highest BCUT2D eigenvalue weighted by Gasteiger charge is 2.22. The van der Waals surface area contributed by atoms with E-state index in [9.17, 15) is 0 Å². The third-order valence-corrected chi connectivity index (χ3v) is 3.47. The lowest BCUT2D eigenvalue weighted by atomic mass is 9.80. The van der Waals surface area contributed by atoms with Gasteiger partial charge in [-0.15, -0.1) is 0 Å². The van der Waals surface area contributed by atoms with Crippen LogP contribution in [0.15, 0.2) is 24.3 Å². The molecule has 0 aliphatic heterocycles. The van der Waals surface area contributed by atoms with E-state index in [2.05, 4.69) is 74.8 Å². The lowest BCUT2D eigenvalue weighted by Gasteiger charge is -2.27. The van der Waals surface area contributed by atoms with Crippen LogP contribution in [0, 0.1) is 0 Å². The fourth-order valence-corrected chi connectivity index (χ4v) is 2.95. The number of benzene rings is 1. The van der Waals surface area contributed by atoms with Gasteiger partial charge in [-0.05, 0) is 28.9 Å². The van der Waals surface area contributed by atoms with E-state index in [0.717, 1.165) is 6.42 Å². The number of hydrogen-bond acceptors (Lipinski definition) is 0. The minimum absolute atomic E-state index is 0.248. The van der Waals surface area contributed by atoms with Crippen LogP contribution in [0.2, 0.25) is 0 Å². The largest absolute Gasteiger partial charge is 0.0893 e. The first kappa shape index (κ1) is 13.8. The second-order valence-electron chi connectivity index (χ2n) is 5.65. The van der Waals surface area contributed by atoms with Crippen LogP contribution in [0.25, 0.3) is 0 Å². The first-order valence-corrected chi connectivity index (χ1v) is 6.99. The summed E-state index contributed by atoms with van der Waals surface area (Å²) in [4.78, 5) is 0.562. The molecule has 0 spiro atoms. The summed E-state index contributed by atoms with van der Waals surface area (Å²) < 4.78 is 0. The van der Waals surface area contributed by atoms with Crippen LogP contribution in [0.3, 0.4) is 0 Å². The minimum atomic E-state index is 0.248. The average molecular weight is 283 g/mol. The predicted molar refractivity (Wildman–Crippen MR) is 76.6 cm³/mol. The summed E-state index contributed by atoms with van der Waals surface area (Å²) in [6, 6.07) is 9.09. The third-order valence-electron chi connectivity index (χ3n) is 3.15. The molecular weight excluding hydrogens is 260 g/mol. The van der Waals surface area contributed by atoms with Crippen molar-refractivity contribution in [2.75, 3.05) is 0 Å². The van der Waals surface area contributed by atoms with Gasteiger partial charge in [0.05, 0.1) is 0 Å². The Kier molecular flexibility index (Phi) is 4.61. The van der Waals surface area contributed by atoms with Crippen molar-refractivity contribution in [3.63, 3.8) is 0 Å². The Balaban J connectivity index is 2.88. The van der Waals surface area contributed by atoms with E-state index < -0.39 is 0 Å². The van der Waals surface area contributed by atoms with Crippen LogP contribution in [-0.2, 0) is 5.41 Å². The zero-order valence-corrected chi connectivity index (χ0v) is 12.6. The summed E-state index contributed by atoms with van der Waals surface area (Å²) in [5.41, 5.74) is 3.10. The zero-order valence-electron chi connectivity index (χ0n) is 11.0. The molecule has 0 bridgehead atoms. The highest BCUT2D eigenvalue weighted by Crippen LogP contribution is 2.31. The molecule has 0 radical (unpaired) electrons. The second-order valence-corrected chi connectivity index (χ2v) is 7.21. The van der Waals surface area contributed by atoms with Crippen molar-refractivity contribution >= 4 is 15.9 Å². The van der Waals surface area contributed by atoms with Gasteiger partial charge in [-0.25, -0.2) is 0 Å². The van der Waals surface area contributed by atoms with Crippen molar-refractivity contribution in [3.05, 3.63) is 35.4 Å². The van der Waals surface area contributed by atoms with Crippen molar-refractivity contribution < 1.29 is 0 Å². The van der Waals surface area contributed by atoms with Gasteiger partial charge >= 0.3 is 0 Å². The Morgan fingerprint density at radius 1 is 1.06 bits per heavy atom. The fourth-order valence-electron chi connectivity index (χ4n) is 2.14. The molecule has 0 aliphatic rings. The van der Waals surface area contributed by atoms with Crippen LogP contribution >= 0.6 is 15.9 Å². The molecule has 1 aromatic carbocycles. The van der Waals surface area contributed by atoms with E-state index in [1.165, 1.54) is 11.1 Å². The predicted octanol–water partition coefficient (Wildman–Crippen LogP) is 5.26. The molecule has 16 heavy (non-hydrogen) atoms. The summed E-state index contributed by atoms with van der Waals surface area (Å²) >= 11 is 3.65. The monoisotopic (exact) mass is 282 g/mol. The number of halogens is 1. The maximum Gasteiger partial charge on any atom is 0.0125 e. The average Bonchev–Trinajstić information content (AvgIpc) is 2.16. The molecule has 90 valence electrons. The van der Waals surface area contributed by atoms with Gasteiger partial charge in [0.2, 0.25) is 0 Å². The Morgan fingerprint density at radius 3 is 1.94 bits per heavy atom. The zero-order chi connectivity index (χ0) is 12.3. The number of alkyl halides is 1. The Morgan fingerprint density at radius 2 is 1.56 bits per heavy atom. The Bertz CT molecular complexity index is 320. The Hall–Kier alpha value is -0.300. The van der Waals surface area contributed by atoms with Gasteiger partial charge < -0.3 is 0 Å². The van der Waals surface area contributed by atoms with Crippen LogP contribution < -0.4 is 0 Å². The van der Waals surface area contributed by atoms with E-state index in [4.69, 9.17) is 0 Å². The maximum atomic E-state index is 3.65. The van der Waals surface area contributed by atoms with Crippen molar-refractivity contribution in [1.29, 1.82) is 0 Å². The van der Waals surface area contributed by atoms with Crippen molar-refractivity contribution in [2.45, 2.75) is 57.2 Å². The van der Waals surface area contributed by atoms with Gasteiger partial charge in [0.1, 0.15) is 0 Å². The smallest absolute Gasteiger partial charge is 0.0125 e. The minimum Gasteiger partial charge on any atom is -0.0893 e. The third kappa shape index (κ3) is 3.62. The van der Waals surface area contributed by atoms with E-state index in [0.29, 0.717) is 10.7 Å². The highest BCUT2D eigenvalue weighted by atomic mass is 79.9. The summed E-state index contributed by atoms with van der Waals surface area (Å²) in [6.45, 7) is 11.3. The molecule has 1 unspecified atom stereocenters. The molecule has 1 rings (SSSR count). The van der Waals surface area contributed by atoms with Crippen molar-refractivity contribution in [1.82, 2.24) is 0 Å². The van der Waals surface area contributed by atoms with E-state index in [1.54, 1.807) is 0 Å². The summed E-state index contributed by atoms with van der Waals surface area (Å²) in [5.74, 6) is 0.618. The Labute approximate surface area is 109 Å². The first-order valence-electron chi connectivity index (χ1n) is 6.07. The highest BCUT2D eigenvalue weighted by molar-refractivity contribution is 9.09. The molecule has 0 aliphatic carbocycles. The molecule has 1 aromatic rings. The molecule has 0 saturated carbocycles.